The van der Waals surface area contributed by atoms with Gasteiger partial charge in [0.1, 0.15) is 5.69 Å². The number of aromatic amines is 1. The van der Waals surface area contributed by atoms with Crippen molar-refractivity contribution in [3.05, 3.63) is 45.9 Å². The van der Waals surface area contributed by atoms with Crippen molar-refractivity contribution >= 4 is 29.1 Å². The first-order valence-corrected chi connectivity index (χ1v) is 7.41. The predicted molar refractivity (Wildman–Crippen MR) is 83.2 cm³/mol. The lowest BCUT2D eigenvalue weighted by atomic mass is 10.1. The maximum Gasteiger partial charge on any atom is 0.273 e. The van der Waals surface area contributed by atoms with Gasteiger partial charge in [-0.2, -0.15) is 0 Å². The molecule has 0 saturated carbocycles. The standard InChI is InChI=1S/C14H14N4O3S/c1-8-13(21)16-14(18-17-8)22-7-12(20)15-11-5-3-10(4-6-11)9(2)19/h3-6H,7H2,1-2H3,(H,15,20)(H,16,18,21). The van der Waals surface area contributed by atoms with Crippen LogP contribution in [-0.4, -0.2) is 32.6 Å². The number of benzene rings is 1. The Morgan fingerprint density at radius 1 is 1.23 bits per heavy atom. The number of carbonyl (C=O) groups excluding carboxylic acids is 2. The molecule has 0 aliphatic rings. The van der Waals surface area contributed by atoms with Crippen LogP contribution in [0, 0.1) is 6.92 Å². The molecule has 2 rings (SSSR count). The molecule has 1 aromatic heterocycles. The van der Waals surface area contributed by atoms with Crippen molar-refractivity contribution in [2.45, 2.75) is 19.0 Å². The monoisotopic (exact) mass is 318 g/mol. The first-order valence-electron chi connectivity index (χ1n) is 6.43. The number of Topliss-reactive ketones (excluding diaryl/α,β-unsaturated/α-hetero) is 1. The van der Waals surface area contributed by atoms with Crippen LogP contribution in [0.2, 0.25) is 0 Å². The fraction of sp³-hybridized carbons (Fsp3) is 0.214. The molecule has 22 heavy (non-hydrogen) atoms. The zero-order valence-electron chi connectivity index (χ0n) is 12.0. The maximum atomic E-state index is 11.8. The highest BCUT2D eigenvalue weighted by Crippen LogP contribution is 2.13. The summed E-state index contributed by atoms with van der Waals surface area (Å²) in [5.41, 5.74) is 1.14. The summed E-state index contributed by atoms with van der Waals surface area (Å²) in [7, 11) is 0. The van der Waals surface area contributed by atoms with E-state index in [1.807, 2.05) is 0 Å². The summed E-state index contributed by atoms with van der Waals surface area (Å²) in [5.74, 6) is -0.193. The van der Waals surface area contributed by atoms with E-state index in [0.717, 1.165) is 11.8 Å². The number of aromatic nitrogens is 3. The highest BCUT2D eigenvalue weighted by molar-refractivity contribution is 7.99. The summed E-state index contributed by atoms with van der Waals surface area (Å²) >= 11 is 1.08. The highest BCUT2D eigenvalue weighted by Gasteiger charge is 2.07. The Morgan fingerprint density at radius 2 is 1.91 bits per heavy atom. The van der Waals surface area contributed by atoms with E-state index in [4.69, 9.17) is 0 Å². The fourth-order valence-corrected chi connectivity index (χ4v) is 2.17. The lowest BCUT2D eigenvalue weighted by Crippen LogP contribution is -2.17. The summed E-state index contributed by atoms with van der Waals surface area (Å²) in [4.78, 5) is 36.9. The Labute approximate surface area is 130 Å². The summed E-state index contributed by atoms with van der Waals surface area (Å²) in [6.07, 6.45) is 0. The summed E-state index contributed by atoms with van der Waals surface area (Å²) in [6, 6.07) is 6.61. The molecule has 0 spiro atoms. The zero-order chi connectivity index (χ0) is 16.1. The van der Waals surface area contributed by atoms with E-state index < -0.39 is 0 Å². The van der Waals surface area contributed by atoms with Gasteiger partial charge in [0.15, 0.2) is 10.9 Å². The van der Waals surface area contributed by atoms with Crippen molar-refractivity contribution in [1.82, 2.24) is 15.2 Å². The summed E-state index contributed by atoms with van der Waals surface area (Å²) in [5, 5.41) is 10.5. The summed E-state index contributed by atoms with van der Waals surface area (Å²) < 4.78 is 0. The number of ketones is 1. The van der Waals surface area contributed by atoms with E-state index >= 15 is 0 Å². The van der Waals surface area contributed by atoms with Crippen molar-refractivity contribution in [2.75, 3.05) is 11.1 Å². The second-order valence-electron chi connectivity index (χ2n) is 4.52. The van der Waals surface area contributed by atoms with Gasteiger partial charge in [-0.05, 0) is 38.1 Å². The minimum atomic E-state index is -0.322. The Hall–Kier alpha value is -2.48. The van der Waals surface area contributed by atoms with Crippen molar-refractivity contribution in [3.63, 3.8) is 0 Å². The third-order valence-corrected chi connectivity index (χ3v) is 3.62. The number of carbonyl (C=O) groups is 2. The Morgan fingerprint density at radius 3 is 2.50 bits per heavy atom. The van der Waals surface area contributed by atoms with Gasteiger partial charge in [0.2, 0.25) is 5.91 Å². The van der Waals surface area contributed by atoms with Crippen LogP contribution < -0.4 is 10.9 Å². The topological polar surface area (TPSA) is 105 Å². The lowest BCUT2D eigenvalue weighted by Gasteiger charge is -2.05. The third-order valence-electron chi connectivity index (χ3n) is 2.76. The molecule has 8 heteroatoms. The molecule has 2 N–H and O–H groups in total. The van der Waals surface area contributed by atoms with Gasteiger partial charge in [0.05, 0.1) is 5.75 Å². The number of nitrogens with zero attached hydrogens (tertiary/aromatic N) is 2. The second kappa shape index (κ2) is 6.99. The number of aryl methyl sites for hydroxylation is 1. The van der Waals surface area contributed by atoms with Crippen molar-refractivity contribution < 1.29 is 9.59 Å². The van der Waals surface area contributed by atoms with E-state index in [2.05, 4.69) is 20.5 Å². The molecule has 0 fully saturated rings. The predicted octanol–water partition coefficient (Wildman–Crippen LogP) is 1.41. The molecule has 1 amide bonds. The van der Waals surface area contributed by atoms with Gasteiger partial charge in [0, 0.05) is 11.3 Å². The number of nitrogens with one attached hydrogen (secondary N) is 2. The van der Waals surface area contributed by atoms with Crippen LogP contribution in [0.25, 0.3) is 0 Å². The van der Waals surface area contributed by atoms with E-state index in [-0.39, 0.29) is 33.9 Å². The molecule has 0 saturated heterocycles. The smallest absolute Gasteiger partial charge is 0.273 e. The Bertz CT molecular complexity index is 755. The highest BCUT2D eigenvalue weighted by atomic mass is 32.2. The van der Waals surface area contributed by atoms with Crippen LogP contribution in [0.5, 0.6) is 0 Å². The molecule has 1 aromatic carbocycles. The Balaban J connectivity index is 1.91. The first kappa shape index (κ1) is 15.9. The lowest BCUT2D eigenvalue weighted by molar-refractivity contribution is -0.113. The SMILES string of the molecule is CC(=O)c1ccc(NC(=O)CSc2nnc(C)c(=O)[nH]2)cc1. The van der Waals surface area contributed by atoms with E-state index in [1.165, 1.54) is 6.92 Å². The number of anilines is 1. The van der Waals surface area contributed by atoms with Gasteiger partial charge in [-0.3, -0.25) is 19.4 Å². The van der Waals surface area contributed by atoms with Crippen LogP contribution in [0.3, 0.4) is 0 Å². The van der Waals surface area contributed by atoms with Crippen LogP contribution in [0.4, 0.5) is 5.69 Å². The van der Waals surface area contributed by atoms with Crippen molar-refractivity contribution in [2.24, 2.45) is 0 Å². The maximum absolute atomic E-state index is 11.8. The molecule has 114 valence electrons. The largest absolute Gasteiger partial charge is 0.325 e. The molecule has 2 aromatic rings. The van der Waals surface area contributed by atoms with Crippen LogP contribution >= 0.6 is 11.8 Å². The normalized spacial score (nSPS) is 10.3. The molecule has 7 nitrogen and oxygen atoms in total. The molecule has 0 bridgehead atoms. The molecular weight excluding hydrogens is 304 g/mol. The minimum absolute atomic E-state index is 0.0321. The molecule has 1 heterocycles. The number of hydrogen-bond acceptors (Lipinski definition) is 6. The van der Waals surface area contributed by atoms with Gasteiger partial charge in [-0.15, -0.1) is 10.2 Å². The van der Waals surface area contributed by atoms with Gasteiger partial charge < -0.3 is 5.32 Å². The average molecular weight is 318 g/mol. The van der Waals surface area contributed by atoms with Crippen molar-refractivity contribution in [1.29, 1.82) is 0 Å². The van der Waals surface area contributed by atoms with Gasteiger partial charge in [-0.25, -0.2) is 0 Å². The van der Waals surface area contributed by atoms with Crippen LogP contribution in [0.1, 0.15) is 23.0 Å². The van der Waals surface area contributed by atoms with E-state index in [0.29, 0.717) is 11.3 Å². The third kappa shape index (κ3) is 4.26. The molecule has 0 atom stereocenters. The molecular formula is C14H14N4O3S. The molecule has 0 unspecified atom stereocenters. The van der Waals surface area contributed by atoms with Gasteiger partial charge in [0.25, 0.3) is 5.56 Å². The van der Waals surface area contributed by atoms with E-state index in [1.54, 1.807) is 31.2 Å². The zero-order valence-corrected chi connectivity index (χ0v) is 12.9. The van der Waals surface area contributed by atoms with Crippen LogP contribution in [0.15, 0.2) is 34.2 Å². The number of thioether (sulfide) groups is 1. The molecule has 0 radical (unpaired) electrons. The Kier molecular flexibility index (Phi) is 5.05. The van der Waals surface area contributed by atoms with E-state index in [9.17, 15) is 14.4 Å². The molecule has 0 aliphatic heterocycles. The van der Waals surface area contributed by atoms with Gasteiger partial charge >= 0.3 is 0 Å². The number of hydrogen-bond donors (Lipinski definition) is 2. The quantitative estimate of drug-likeness (QED) is 0.638. The minimum Gasteiger partial charge on any atom is -0.325 e. The first-order chi connectivity index (χ1) is 10.5. The van der Waals surface area contributed by atoms with Crippen LogP contribution in [-0.2, 0) is 4.79 Å². The fourth-order valence-electron chi connectivity index (χ4n) is 1.56. The van der Waals surface area contributed by atoms with Gasteiger partial charge in [-0.1, -0.05) is 11.8 Å². The molecule has 0 aliphatic carbocycles. The van der Waals surface area contributed by atoms with Crippen molar-refractivity contribution in [3.8, 4) is 0 Å². The second-order valence-corrected chi connectivity index (χ2v) is 5.48. The number of amides is 1. The summed E-state index contributed by atoms with van der Waals surface area (Å²) in [6.45, 7) is 3.03. The number of rotatable bonds is 5. The number of H-pyrrole nitrogens is 1. The average Bonchev–Trinajstić information content (AvgIpc) is 2.49.